The normalized spacial score (nSPS) is 13.3. The van der Waals surface area contributed by atoms with Crippen molar-refractivity contribution >= 4 is 15.9 Å². The van der Waals surface area contributed by atoms with E-state index in [2.05, 4.69) is 66.3 Å². The van der Waals surface area contributed by atoms with E-state index in [1.54, 1.807) is 0 Å². The van der Waals surface area contributed by atoms with Crippen molar-refractivity contribution in [1.82, 2.24) is 5.32 Å². The monoisotopic (exact) mass is 241 g/mol. The van der Waals surface area contributed by atoms with Gasteiger partial charge >= 0.3 is 0 Å². The molecule has 0 unspecified atom stereocenters. The maximum Gasteiger partial charge on any atom is 0.0294 e. The molecular weight excluding hydrogens is 226 g/mol. The predicted octanol–water partition coefficient (Wildman–Crippen LogP) is 3.51. The zero-order chi connectivity index (χ0) is 9.84. The fourth-order valence-corrected chi connectivity index (χ4v) is 1.61. The van der Waals surface area contributed by atoms with Gasteiger partial charge in [0.05, 0.1) is 0 Å². The number of nitrogens with one attached hydrogen (secondary N) is 1. The second kappa shape index (κ2) is 4.77. The maximum atomic E-state index is 3.46. The third kappa shape index (κ3) is 3.49. The molecule has 1 atom stereocenters. The molecule has 2 heteroatoms. The van der Waals surface area contributed by atoms with E-state index in [1.165, 1.54) is 5.56 Å². The molecule has 1 aromatic rings. The van der Waals surface area contributed by atoms with Crippen LogP contribution in [0.5, 0.6) is 0 Å². The summed E-state index contributed by atoms with van der Waals surface area (Å²) in [6, 6.07) is 9.39. The molecule has 0 aliphatic carbocycles. The molecule has 0 aromatic heterocycles. The molecule has 0 saturated carbocycles. The molecule has 0 fully saturated rings. The van der Waals surface area contributed by atoms with Crippen LogP contribution in [-0.4, -0.2) is 6.04 Å². The molecule has 1 rings (SSSR count). The Balaban J connectivity index is 2.66. The predicted molar refractivity (Wildman–Crippen MR) is 60.8 cm³/mol. The Labute approximate surface area is 88.7 Å². The Morgan fingerprint density at radius 1 is 1.08 bits per heavy atom. The molecule has 1 N–H and O–H groups in total. The molecule has 0 bridgehead atoms. The van der Waals surface area contributed by atoms with Gasteiger partial charge in [0.15, 0.2) is 0 Å². The lowest BCUT2D eigenvalue weighted by molar-refractivity contribution is 0.506. The summed E-state index contributed by atoms with van der Waals surface area (Å²) in [5, 5.41) is 3.46. The zero-order valence-electron chi connectivity index (χ0n) is 8.34. The summed E-state index contributed by atoms with van der Waals surface area (Å²) in [5.74, 6) is 0. The average molecular weight is 242 g/mol. The van der Waals surface area contributed by atoms with Gasteiger partial charge in [-0.05, 0) is 24.6 Å². The van der Waals surface area contributed by atoms with Gasteiger partial charge in [-0.15, -0.1) is 0 Å². The molecule has 0 aliphatic rings. The van der Waals surface area contributed by atoms with Crippen molar-refractivity contribution in [2.24, 2.45) is 0 Å². The second-order valence-electron chi connectivity index (χ2n) is 3.59. The van der Waals surface area contributed by atoms with Crippen LogP contribution in [0, 0.1) is 0 Å². The Morgan fingerprint density at radius 3 is 2.08 bits per heavy atom. The minimum atomic E-state index is 0.424. The van der Waals surface area contributed by atoms with Gasteiger partial charge in [-0.2, -0.15) is 0 Å². The van der Waals surface area contributed by atoms with Crippen LogP contribution >= 0.6 is 15.9 Å². The van der Waals surface area contributed by atoms with Crippen molar-refractivity contribution in [2.45, 2.75) is 32.9 Å². The molecule has 0 spiro atoms. The Kier molecular flexibility index (Phi) is 3.94. The van der Waals surface area contributed by atoms with Crippen LogP contribution < -0.4 is 5.32 Å². The number of hydrogen-bond acceptors (Lipinski definition) is 1. The zero-order valence-corrected chi connectivity index (χ0v) is 9.93. The van der Waals surface area contributed by atoms with Gasteiger partial charge in [0.2, 0.25) is 0 Å². The average Bonchev–Trinajstić information content (AvgIpc) is 2.04. The Hall–Kier alpha value is -0.340. The molecule has 72 valence electrons. The lowest BCUT2D eigenvalue weighted by atomic mass is 10.1. The minimum absolute atomic E-state index is 0.424. The van der Waals surface area contributed by atoms with E-state index in [0.29, 0.717) is 12.1 Å². The van der Waals surface area contributed by atoms with E-state index in [4.69, 9.17) is 0 Å². The molecule has 13 heavy (non-hydrogen) atoms. The molecule has 1 nitrogen and oxygen atoms in total. The summed E-state index contributed by atoms with van der Waals surface area (Å²) in [6.45, 7) is 6.51. The van der Waals surface area contributed by atoms with Gasteiger partial charge in [-0.25, -0.2) is 0 Å². The first-order valence-electron chi connectivity index (χ1n) is 4.61. The van der Waals surface area contributed by atoms with E-state index >= 15 is 0 Å². The highest BCUT2D eigenvalue weighted by atomic mass is 79.9. The summed E-state index contributed by atoms with van der Waals surface area (Å²) in [6.07, 6.45) is 0. The highest BCUT2D eigenvalue weighted by Crippen LogP contribution is 2.16. The van der Waals surface area contributed by atoms with E-state index in [9.17, 15) is 0 Å². The third-order valence-electron chi connectivity index (χ3n) is 1.95. The summed E-state index contributed by atoms with van der Waals surface area (Å²) in [7, 11) is 0. The van der Waals surface area contributed by atoms with Gasteiger partial charge < -0.3 is 5.32 Å². The van der Waals surface area contributed by atoms with E-state index in [1.807, 2.05) is 0 Å². The van der Waals surface area contributed by atoms with Crippen molar-refractivity contribution in [3.63, 3.8) is 0 Å². The first-order chi connectivity index (χ1) is 6.09. The number of halogens is 1. The number of benzene rings is 1. The highest BCUT2D eigenvalue weighted by Gasteiger charge is 2.05. The van der Waals surface area contributed by atoms with Crippen LogP contribution in [0.25, 0.3) is 0 Å². The van der Waals surface area contributed by atoms with Gasteiger partial charge in [-0.1, -0.05) is 41.9 Å². The SMILES string of the molecule is CC(C)N[C@@H](C)c1ccc(Br)cc1. The molecule has 0 amide bonds. The summed E-state index contributed by atoms with van der Waals surface area (Å²) >= 11 is 3.42. The lowest BCUT2D eigenvalue weighted by Gasteiger charge is -2.17. The summed E-state index contributed by atoms with van der Waals surface area (Å²) in [5.41, 5.74) is 1.33. The second-order valence-corrected chi connectivity index (χ2v) is 4.51. The molecule has 0 radical (unpaired) electrons. The molecule has 1 aromatic carbocycles. The van der Waals surface area contributed by atoms with Crippen LogP contribution in [0.2, 0.25) is 0 Å². The maximum absolute atomic E-state index is 3.46. The van der Waals surface area contributed by atoms with Crippen molar-refractivity contribution in [2.75, 3.05) is 0 Å². The first kappa shape index (κ1) is 10.7. The van der Waals surface area contributed by atoms with Crippen LogP contribution in [0.3, 0.4) is 0 Å². The summed E-state index contributed by atoms with van der Waals surface area (Å²) in [4.78, 5) is 0. The fourth-order valence-electron chi connectivity index (χ4n) is 1.35. The van der Waals surface area contributed by atoms with Gasteiger partial charge in [-0.3, -0.25) is 0 Å². The van der Waals surface area contributed by atoms with E-state index in [0.717, 1.165) is 4.47 Å². The van der Waals surface area contributed by atoms with E-state index in [-0.39, 0.29) is 0 Å². The van der Waals surface area contributed by atoms with Crippen LogP contribution in [0.4, 0.5) is 0 Å². The molecule has 0 aliphatic heterocycles. The van der Waals surface area contributed by atoms with Gasteiger partial charge in [0.25, 0.3) is 0 Å². The van der Waals surface area contributed by atoms with Crippen molar-refractivity contribution in [3.8, 4) is 0 Å². The van der Waals surface area contributed by atoms with Crippen molar-refractivity contribution < 1.29 is 0 Å². The number of hydrogen-bond donors (Lipinski definition) is 1. The van der Waals surface area contributed by atoms with Crippen LogP contribution in [0.1, 0.15) is 32.4 Å². The van der Waals surface area contributed by atoms with Crippen molar-refractivity contribution in [1.29, 1.82) is 0 Å². The lowest BCUT2D eigenvalue weighted by Crippen LogP contribution is -2.25. The topological polar surface area (TPSA) is 12.0 Å². The van der Waals surface area contributed by atoms with Gasteiger partial charge in [0, 0.05) is 16.6 Å². The largest absolute Gasteiger partial charge is 0.308 e. The van der Waals surface area contributed by atoms with Crippen molar-refractivity contribution in [3.05, 3.63) is 34.3 Å². The molecular formula is C11H16BrN. The Morgan fingerprint density at radius 2 is 1.62 bits per heavy atom. The first-order valence-corrected chi connectivity index (χ1v) is 5.40. The quantitative estimate of drug-likeness (QED) is 0.855. The molecule has 0 saturated heterocycles. The number of rotatable bonds is 3. The smallest absolute Gasteiger partial charge is 0.0294 e. The van der Waals surface area contributed by atoms with Crippen LogP contribution in [0.15, 0.2) is 28.7 Å². The summed E-state index contributed by atoms with van der Waals surface area (Å²) < 4.78 is 1.13. The highest BCUT2D eigenvalue weighted by molar-refractivity contribution is 9.10. The van der Waals surface area contributed by atoms with Gasteiger partial charge in [0.1, 0.15) is 0 Å². The molecule has 0 heterocycles. The third-order valence-corrected chi connectivity index (χ3v) is 2.48. The minimum Gasteiger partial charge on any atom is -0.308 e. The standard InChI is InChI=1S/C11H16BrN/c1-8(2)13-9(3)10-4-6-11(12)7-5-10/h4-9,13H,1-3H3/t9-/m0/s1. The fraction of sp³-hybridized carbons (Fsp3) is 0.455. The van der Waals surface area contributed by atoms with E-state index < -0.39 is 0 Å². The Bertz CT molecular complexity index is 253. The van der Waals surface area contributed by atoms with Crippen LogP contribution in [-0.2, 0) is 0 Å².